The van der Waals surface area contributed by atoms with Crippen molar-refractivity contribution in [3.63, 3.8) is 0 Å². The van der Waals surface area contributed by atoms with Crippen molar-refractivity contribution in [2.75, 3.05) is 71.4 Å². The zero-order valence-corrected chi connectivity index (χ0v) is 33.0. The smallest absolute Gasteiger partial charge is 0.409 e. The first-order chi connectivity index (χ1) is 25.6. The average Bonchev–Trinajstić information content (AvgIpc) is 3.34. The van der Waals surface area contributed by atoms with Gasteiger partial charge in [-0.25, -0.2) is 9.59 Å². The molecule has 2 aromatic rings. The molecule has 0 spiro atoms. The highest BCUT2D eigenvalue weighted by molar-refractivity contribution is 9.10. The van der Waals surface area contributed by atoms with Gasteiger partial charge in [0.05, 0.1) is 24.7 Å². The van der Waals surface area contributed by atoms with E-state index in [1.807, 2.05) is 54.0 Å². The monoisotopic (exact) mass is 797 g/mol. The number of likely N-dealkylation sites (tertiary alicyclic amines) is 3. The Balaban J connectivity index is 0.000000216. The maximum absolute atomic E-state index is 13.0. The largest absolute Gasteiger partial charge is 0.507 e. The number of piperidine rings is 3. The summed E-state index contributed by atoms with van der Waals surface area (Å²) in [6.45, 7) is 10.3. The second-order valence-electron chi connectivity index (χ2n) is 14.7. The lowest BCUT2D eigenvalue weighted by Gasteiger charge is -2.40. The Morgan fingerprint density at radius 1 is 0.906 bits per heavy atom. The summed E-state index contributed by atoms with van der Waals surface area (Å²) in [4.78, 5) is 56.5. The number of amides is 4. The van der Waals surface area contributed by atoms with Crippen molar-refractivity contribution in [2.45, 2.75) is 71.3 Å². The molecule has 0 aliphatic carbocycles. The molecule has 0 radical (unpaired) electrons. The molecule has 0 unspecified atom stereocenters. The van der Waals surface area contributed by atoms with Crippen molar-refractivity contribution >= 4 is 45.6 Å². The van der Waals surface area contributed by atoms with E-state index in [9.17, 15) is 24.3 Å². The van der Waals surface area contributed by atoms with E-state index < -0.39 is 0 Å². The highest BCUT2D eigenvalue weighted by Gasteiger charge is 2.33. The van der Waals surface area contributed by atoms with Gasteiger partial charge in [0.25, 0.3) is 0 Å². The Bertz CT molecular complexity index is 1550. The van der Waals surface area contributed by atoms with Gasteiger partial charge in [-0.15, -0.1) is 0 Å². The predicted octanol–water partition coefficient (Wildman–Crippen LogP) is 6.15. The molecule has 4 aliphatic rings. The van der Waals surface area contributed by atoms with Gasteiger partial charge < -0.3 is 34.6 Å². The number of benzene rings is 2. The lowest BCUT2D eigenvalue weighted by Crippen LogP contribution is -2.50. The number of urea groups is 1. The van der Waals surface area contributed by atoms with Gasteiger partial charge in [0.1, 0.15) is 5.75 Å². The molecular formula is C40H56BrN5O7. The first kappa shape index (κ1) is 40.3. The van der Waals surface area contributed by atoms with Gasteiger partial charge in [-0.3, -0.25) is 14.5 Å². The summed E-state index contributed by atoms with van der Waals surface area (Å²) in [6.07, 6.45) is 7.23. The lowest BCUT2D eigenvalue weighted by atomic mass is 9.78. The van der Waals surface area contributed by atoms with Crippen LogP contribution in [0.1, 0.15) is 63.5 Å². The number of fused-ring (bicyclic) bond motifs is 1. The third-order valence-electron chi connectivity index (χ3n) is 11.3. The van der Waals surface area contributed by atoms with Gasteiger partial charge in [0.15, 0.2) is 0 Å². The molecule has 4 aliphatic heterocycles. The number of aromatic hydroxyl groups is 1. The number of rotatable bonds is 8. The number of carbonyl (C=O) groups excluding carboxylic acids is 4. The molecule has 3 fully saturated rings. The highest BCUT2D eigenvalue weighted by atomic mass is 79.9. The van der Waals surface area contributed by atoms with E-state index in [0.717, 1.165) is 82.4 Å². The van der Waals surface area contributed by atoms with Crippen LogP contribution >= 0.6 is 15.9 Å². The fourth-order valence-electron chi connectivity index (χ4n) is 8.22. The van der Waals surface area contributed by atoms with Crippen molar-refractivity contribution in [2.24, 2.45) is 17.8 Å². The highest BCUT2D eigenvalue weighted by Crippen LogP contribution is 2.33. The van der Waals surface area contributed by atoms with E-state index in [-0.39, 0.29) is 41.7 Å². The molecule has 53 heavy (non-hydrogen) atoms. The number of carbonyl (C=O) groups is 4. The van der Waals surface area contributed by atoms with E-state index in [1.165, 1.54) is 12.7 Å². The number of nitrogens with one attached hydrogen (secondary N) is 1. The van der Waals surface area contributed by atoms with Crippen molar-refractivity contribution < 1.29 is 33.8 Å². The Morgan fingerprint density at radius 2 is 1.55 bits per heavy atom. The summed E-state index contributed by atoms with van der Waals surface area (Å²) >= 11 is 3.34. The number of ether oxygens (including phenoxy) is 2. The van der Waals surface area contributed by atoms with Crippen LogP contribution in [0.4, 0.5) is 15.3 Å². The maximum atomic E-state index is 13.0. The van der Waals surface area contributed by atoms with Crippen LogP contribution in [0.15, 0.2) is 46.9 Å². The van der Waals surface area contributed by atoms with Gasteiger partial charge in [0, 0.05) is 50.4 Å². The maximum Gasteiger partial charge on any atom is 0.409 e. The van der Waals surface area contributed by atoms with Crippen LogP contribution in [0.25, 0.3) is 0 Å². The zero-order chi connectivity index (χ0) is 37.9. The number of halogens is 1. The topological polar surface area (TPSA) is 132 Å². The standard InChI is InChI=1S/C24H35BrN2O4.C16H21N3O3/c1-3-31-23(29)16-26-10-6-19(7-11-26)20-8-12-27(13-9-20)24(30)17(2)14-18-4-5-22(28)21(25)15-18;1-22-16(21)18-9-7-13(8-10-18)19-11-6-12-4-2-3-5-14(12)17-15(19)20/h4-5,15,17,19-20,28H,3,6-14,16H2,1-2H3;2-5,13H,6-11H2,1H3,(H,17,20)/t17-;/m1./s1. The van der Waals surface area contributed by atoms with Gasteiger partial charge in [-0.2, -0.15) is 0 Å². The Labute approximate surface area is 322 Å². The molecule has 13 heteroatoms. The second kappa shape index (κ2) is 19.5. The Kier molecular flexibility index (Phi) is 14.8. The summed E-state index contributed by atoms with van der Waals surface area (Å²) in [6, 6.07) is 13.5. The number of methoxy groups -OCH3 is 1. The number of anilines is 1. The molecular weight excluding hydrogens is 742 g/mol. The Morgan fingerprint density at radius 3 is 2.19 bits per heavy atom. The quantitative estimate of drug-likeness (QED) is 0.304. The molecule has 290 valence electrons. The summed E-state index contributed by atoms with van der Waals surface area (Å²) in [7, 11) is 1.40. The molecule has 2 aromatic carbocycles. The number of nitrogens with zero attached hydrogens (tertiary/aromatic N) is 4. The van der Waals surface area contributed by atoms with Crippen LogP contribution in [-0.2, 0) is 31.9 Å². The summed E-state index contributed by atoms with van der Waals surface area (Å²) in [5.41, 5.74) is 3.13. The van der Waals surface area contributed by atoms with E-state index in [1.54, 1.807) is 11.0 Å². The van der Waals surface area contributed by atoms with Crippen LogP contribution in [0, 0.1) is 17.8 Å². The molecule has 3 saturated heterocycles. The van der Waals surface area contributed by atoms with E-state index in [4.69, 9.17) is 9.47 Å². The van der Waals surface area contributed by atoms with Crippen LogP contribution < -0.4 is 5.32 Å². The van der Waals surface area contributed by atoms with Crippen molar-refractivity contribution in [3.05, 3.63) is 58.1 Å². The van der Waals surface area contributed by atoms with E-state index in [2.05, 4.69) is 32.2 Å². The molecule has 0 bridgehead atoms. The normalized spacial score (nSPS) is 19.6. The Hall–Kier alpha value is -3.84. The van der Waals surface area contributed by atoms with E-state index in [0.29, 0.717) is 55.5 Å². The number of phenolic OH excluding ortho intramolecular Hbond substituents is 1. The predicted molar refractivity (Wildman–Crippen MR) is 207 cm³/mol. The fourth-order valence-corrected chi connectivity index (χ4v) is 8.65. The van der Waals surface area contributed by atoms with Crippen LogP contribution in [0.2, 0.25) is 0 Å². The number of esters is 1. The number of hydrogen-bond acceptors (Lipinski definition) is 8. The van der Waals surface area contributed by atoms with Crippen LogP contribution in [-0.4, -0.2) is 121 Å². The van der Waals surface area contributed by atoms with Gasteiger partial charge in [-0.05, 0) is 128 Å². The second-order valence-corrected chi connectivity index (χ2v) is 15.5. The number of phenols is 1. The molecule has 6 rings (SSSR count). The lowest BCUT2D eigenvalue weighted by molar-refractivity contribution is -0.144. The van der Waals surface area contributed by atoms with Crippen LogP contribution in [0.3, 0.4) is 0 Å². The molecule has 0 aromatic heterocycles. The molecule has 12 nitrogen and oxygen atoms in total. The first-order valence-corrected chi connectivity index (χ1v) is 20.0. The number of hydrogen-bond donors (Lipinski definition) is 2. The minimum atomic E-state index is -0.286. The van der Waals surface area contributed by atoms with E-state index >= 15 is 0 Å². The zero-order valence-electron chi connectivity index (χ0n) is 31.4. The first-order valence-electron chi connectivity index (χ1n) is 19.2. The van der Waals surface area contributed by atoms with Gasteiger partial charge in [-0.1, -0.05) is 31.2 Å². The van der Waals surface area contributed by atoms with Crippen LogP contribution in [0.5, 0.6) is 5.75 Å². The molecule has 0 saturated carbocycles. The third kappa shape index (κ3) is 11.1. The average molecular weight is 799 g/mol. The SMILES string of the molecule is CCOC(=O)CN1CCC(C2CCN(C(=O)[C@H](C)Cc3ccc(O)c(Br)c3)CC2)CC1.COC(=O)N1CCC(N2CCc3ccccc3NC2=O)CC1. The molecule has 4 heterocycles. The van der Waals surface area contributed by atoms with Gasteiger partial charge >= 0.3 is 18.1 Å². The minimum Gasteiger partial charge on any atom is -0.507 e. The minimum absolute atomic E-state index is 0.0403. The molecule has 2 N–H and O–H groups in total. The summed E-state index contributed by atoms with van der Waals surface area (Å²) in [5.74, 6) is 1.63. The van der Waals surface area contributed by atoms with Crippen molar-refractivity contribution in [3.8, 4) is 5.75 Å². The number of para-hydroxylation sites is 1. The summed E-state index contributed by atoms with van der Waals surface area (Å²) in [5, 5.41) is 12.6. The molecule has 4 amide bonds. The fraction of sp³-hybridized carbons (Fsp3) is 0.600. The third-order valence-corrected chi connectivity index (χ3v) is 11.9. The summed E-state index contributed by atoms with van der Waals surface area (Å²) < 4.78 is 10.5. The van der Waals surface area contributed by atoms with Crippen molar-refractivity contribution in [1.29, 1.82) is 0 Å². The van der Waals surface area contributed by atoms with Crippen molar-refractivity contribution in [1.82, 2.24) is 19.6 Å². The van der Waals surface area contributed by atoms with Gasteiger partial charge in [0.2, 0.25) is 5.91 Å². The molecule has 1 atom stereocenters.